The fourth-order valence-electron chi connectivity index (χ4n) is 4.15. The molecule has 5 rings (SSSR count). The van der Waals surface area contributed by atoms with Crippen molar-refractivity contribution in [3.05, 3.63) is 29.3 Å². The third-order valence-electron chi connectivity index (χ3n) is 5.41. The first-order chi connectivity index (χ1) is 10.5. The summed E-state index contributed by atoms with van der Waals surface area (Å²) in [7, 11) is 0. The van der Waals surface area contributed by atoms with Crippen LogP contribution in [0, 0.1) is 0 Å². The van der Waals surface area contributed by atoms with Crippen LogP contribution in [0.15, 0.2) is 18.2 Å². The molecule has 4 nitrogen and oxygen atoms in total. The van der Waals surface area contributed by atoms with E-state index in [0.717, 1.165) is 18.7 Å². The normalized spacial score (nSPS) is 18.0. The fourth-order valence-corrected chi connectivity index (χ4v) is 4.15. The first-order valence-electron chi connectivity index (χ1n) is 8.08. The average molecular weight is 298 g/mol. The monoisotopic (exact) mass is 298 g/mol. The molecule has 1 aromatic heterocycles. The molecule has 116 valence electrons. The first-order valence-corrected chi connectivity index (χ1v) is 8.08. The Kier molecular flexibility index (Phi) is 2.80. The van der Waals surface area contributed by atoms with E-state index in [1.807, 2.05) is 13.8 Å². The van der Waals surface area contributed by atoms with Crippen LogP contribution in [0.1, 0.15) is 50.2 Å². The zero-order chi connectivity index (χ0) is 15.5. The summed E-state index contributed by atoms with van der Waals surface area (Å²) in [6.07, 6.45) is 2.63. The topological polar surface area (TPSA) is 56.3 Å². The third kappa shape index (κ3) is 1.93. The van der Waals surface area contributed by atoms with Crippen LogP contribution in [-0.2, 0) is 10.2 Å². The largest absolute Gasteiger partial charge is 0.481 e. The van der Waals surface area contributed by atoms with Crippen molar-refractivity contribution in [3.63, 3.8) is 0 Å². The Hall–Kier alpha value is -1.97. The minimum Gasteiger partial charge on any atom is -0.481 e. The van der Waals surface area contributed by atoms with Crippen molar-refractivity contribution in [1.82, 2.24) is 4.98 Å². The van der Waals surface area contributed by atoms with E-state index in [-0.39, 0.29) is 11.8 Å². The molecule has 3 aliphatic rings. The van der Waals surface area contributed by atoms with Crippen molar-refractivity contribution >= 4 is 22.7 Å². The van der Waals surface area contributed by atoms with Gasteiger partial charge in [0.05, 0.1) is 6.42 Å². The highest BCUT2D eigenvalue weighted by molar-refractivity contribution is 5.91. The molecule has 0 radical (unpaired) electrons. The summed E-state index contributed by atoms with van der Waals surface area (Å²) < 4.78 is 0. The maximum Gasteiger partial charge on any atom is 0.304 e. The van der Waals surface area contributed by atoms with Crippen LogP contribution in [0.5, 0.6) is 0 Å². The lowest BCUT2D eigenvalue weighted by atomic mass is 9.79. The molecule has 22 heavy (non-hydrogen) atoms. The number of rotatable bonds is 3. The van der Waals surface area contributed by atoms with E-state index in [2.05, 4.69) is 28.1 Å². The zero-order valence-corrected chi connectivity index (χ0v) is 13.1. The van der Waals surface area contributed by atoms with Gasteiger partial charge in [0.25, 0.3) is 0 Å². The maximum absolute atomic E-state index is 11.1. The molecule has 2 N–H and O–H groups in total. The molecule has 0 atom stereocenters. The number of carboxylic acid groups (broad SMARTS) is 1. The number of aliphatic carboxylic acids is 1. The highest BCUT2D eigenvalue weighted by Crippen LogP contribution is 2.46. The van der Waals surface area contributed by atoms with Crippen molar-refractivity contribution in [2.45, 2.75) is 44.4 Å². The number of carboxylic acids is 1. The second-order valence-electron chi connectivity index (χ2n) is 7.36. The number of anilines is 1. The molecular weight excluding hydrogens is 276 g/mol. The van der Waals surface area contributed by atoms with E-state index in [1.165, 1.54) is 35.1 Å². The molecule has 0 unspecified atom stereocenters. The lowest BCUT2D eigenvalue weighted by Crippen LogP contribution is -2.38. The van der Waals surface area contributed by atoms with Crippen molar-refractivity contribution in [2.75, 3.05) is 18.0 Å². The van der Waals surface area contributed by atoms with E-state index >= 15 is 0 Å². The van der Waals surface area contributed by atoms with Gasteiger partial charge in [-0.3, -0.25) is 4.79 Å². The van der Waals surface area contributed by atoms with Crippen molar-refractivity contribution in [2.24, 2.45) is 0 Å². The van der Waals surface area contributed by atoms with Gasteiger partial charge < -0.3 is 15.0 Å². The van der Waals surface area contributed by atoms with Gasteiger partial charge in [0.2, 0.25) is 0 Å². The molecular formula is C18H22N2O2. The van der Waals surface area contributed by atoms with Crippen molar-refractivity contribution in [3.8, 4) is 0 Å². The molecule has 3 aliphatic heterocycles. The van der Waals surface area contributed by atoms with E-state index in [0.29, 0.717) is 5.92 Å². The Bertz CT molecular complexity index is 752. The van der Waals surface area contributed by atoms with Gasteiger partial charge in [-0.25, -0.2) is 0 Å². The van der Waals surface area contributed by atoms with Crippen molar-refractivity contribution in [1.29, 1.82) is 0 Å². The van der Waals surface area contributed by atoms with Crippen LogP contribution in [0.2, 0.25) is 0 Å². The summed E-state index contributed by atoms with van der Waals surface area (Å²) >= 11 is 0. The van der Waals surface area contributed by atoms with Gasteiger partial charge in [-0.1, -0.05) is 19.9 Å². The van der Waals surface area contributed by atoms with Crippen LogP contribution in [-0.4, -0.2) is 29.1 Å². The molecule has 4 heterocycles. The molecule has 2 bridgehead atoms. The molecule has 0 saturated carbocycles. The lowest BCUT2D eigenvalue weighted by molar-refractivity contribution is -0.138. The highest BCUT2D eigenvalue weighted by Gasteiger charge is 2.34. The second kappa shape index (κ2) is 4.51. The van der Waals surface area contributed by atoms with Gasteiger partial charge in [0.1, 0.15) is 5.82 Å². The fraction of sp³-hybridized carbons (Fsp3) is 0.500. The number of hydrogen-bond donors (Lipinski definition) is 2. The highest BCUT2D eigenvalue weighted by atomic mass is 16.4. The zero-order valence-electron chi connectivity index (χ0n) is 13.1. The summed E-state index contributed by atoms with van der Waals surface area (Å²) in [5.41, 5.74) is 3.40. The molecule has 1 fully saturated rings. The summed E-state index contributed by atoms with van der Waals surface area (Å²) in [4.78, 5) is 17.2. The van der Waals surface area contributed by atoms with Gasteiger partial charge in [-0.05, 0) is 36.5 Å². The summed E-state index contributed by atoms with van der Waals surface area (Å²) in [6.45, 7) is 6.33. The number of piperidine rings is 1. The third-order valence-corrected chi connectivity index (χ3v) is 5.41. The second-order valence-corrected chi connectivity index (χ2v) is 7.36. The first kappa shape index (κ1) is 13.7. The predicted octanol–water partition coefficient (Wildman–Crippen LogP) is 3.62. The number of benzene rings is 1. The average Bonchev–Trinajstić information content (AvgIpc) is 2.87. The van der Waals surface area contributed by atoms with Crippen LogP contribution in [0.25, 0.3) is 10.9 Å². The molecule has 0 spiro atoms. The Labute approximate surface area is 130 Å². The molecule has 0 aliphatic carbocycles. The predicted molar refractivity (Wildman–Crippen MR) is 87.8 cm³/mol. The molecule has 0 amide bonds. The summed E-state index contributed by atoms with van der Waals surface area (Å²) in [5.74, 6) is 1.21. The summed E-state index contributed by atoms with van der Waals surface area (Å²) in [5, 5.41) is 10.4. The minimum atomic E-state index is -0.744. The standard InChI is InChI=1S/C18H22N2O2/c1-18(2,10-15(21)22)12-3-4-14-13(9-12)16-11-5-7-20(8-6-11)17(16)19-14/h3-4,9,11,19H,5-8,10H2,1-2H3,(H,21,22). The maximum atomic E-state index is 11.1. The Morgan fingerprint density at radius 2 is 2.09 bits per heavy atom. The number of nitrogens with zero attached hydrogens (tertiary/aromatic N) is 1. The Morgan fingerprint density at radius 3 is 2.77 bits per heavy atom. The molecule has 1 aromatic carbocycles. The number of H-pyrrole nitrogens is 1. The SMILES string of the molecule is CC(C)(CC(=O)O)c1ccc2[nH]c3c(c2c1)C1CCN3CC1. The number of aromatic amines is 1. The van der Waals surface area contributed by atoms with Crippen LogP contribution in [0.4, 0.5) is 5.82 Å². The smallest absolute Gasteiger partial charge is 0.304 e. The number of aromatic nitrogens is 1. The van der Waals surface area contributed by atoms with Crippen LogP contribution < -0.4 is 4.90 Å². The number of carbonyl (C=O) groups is 1. The molecule has 4 heteroatoms. The van der Waals surface area contributed by atoms with Gasteiger partial charge in [-0.2, -0.15) is 0 Å². The van der Waals surface area contributed by atoms with Crippen LogP contribution in [0.3, 0.4) is 0 Å². The molecule has 2 aromatic rings. The number of hydrogen-bond acceptors (Lipinski definition) is 2. The van der Waals surface area contributed by atoms with Crippen LogP contribution >= 0.6 is 0 Å². The van der Waals surface area contributed by atoms with E-state index in [4.69, 9.17) is 5.11 Å². The van der Waals surface area contributed by atoms with Gasteiger partial charge in [0.15, 0.2) is 0 Å². The lowest BCUT2D eigenvalue weighted by Gasteiger charge is -2.40. The Balaban J connectivity index is 1.85. The van der Waals surface area contributed by atoms with Crippen molar-refractivity contribution < 1.29 is 9.90 Å². The summed E-state index contributed by atoms with van der Waals surface area (Å²) in [6, 6.07) is 6.41. The van der Waals surface area contributed by atoms with Gasteiger partial charge >= 0.3 is 5.97 Å². The van der Waals surface area contributed by atoms with Gasteiger partial charge in [-0.15, -0.1) is 0 Å². The van der Waals surface area contributed by atoms with E-state index in [1.54, 1.807) is 0 Å². The Morgan fingerprint density at radius 1 is 1.36 bits per heavy atom. The number of fused-ring (bicyclic) bond motifs is 3. The minimum absolute atomic E-state index is 0.153. The quantitative estimate of drug-likeness (QED) is 0.910. The number of nitrogens with one attached hydrogen (secondary N) is 1. The van der Waals surface area contributed by atoms with E-state index < -0.39 is 5.97 Å². The van der Waals surface area contributed by atoms with Gasteiger partial charge in [0, 0.05) is 35.0 Å². The molecule has 1 saturated heterocycles. The van der Waals surface area contributed by atoms with E-state index in [9.17, 15) is 4.79 Å².